The molecule has 0 spiro atoms. The Morgan fingerprint density at radius 2 is 2.19 bits per heavy atom. The Morgan fingerprint density at radius 3 is 2.81 bits per heavy atom. The van der Waals surface area contributed by atoms with Gasteiger partial charge in [-0.15, -0.1) is 0 Å². The van der Waals surface area contributed by atoms with Crippen LogP contribution in [-0.4, -0.2) is 47.7 Å². The van der Waals surface area contributed by atoms with Gasteiger partial charge in [0.15, 0.2) is 0 Å². The van der Waals surface area contributed by atoms with Crippen LogP contribution in [0.25, 0.3) is 0 Å². The summed E-state index contributed by atoms with van der Waals surface area (Å²) in [5, 5.41) is 9.22. The lowest BCUT2D eigenvalue weighted by Gasteiger charge is -2.30. The molecule has 1 aromatic carbocycles. The lowest BCUT2D eigenvalue weighted by atomic mass is 10.0. The van der Waals surface area contributed by atoms with Crippen LogP contribution in [0.3, 0.4) is 0 Å². The minimum Gasteiger partial charge on any atom is -0.481 e. The lowest BCUT2D eigenvalue weighted by molar-refractivity contribution is -0.142. The average Bonchev–Trinajstić information content (AvgIpc) is 2.93. The molecule has 114 valence electrons. The van der Waals surface area contributed by atoms with Crippen molar-refractivity contribution < 1.29 is 23.8 Å². The van der Waals surface area contributed by atoms with Gasteiger partial charge in [-0.2, -0.15) is 0 Å². The fourth-order valence-corrected chi connectivity index (χ4v) is 2.53. The topological polar surface area (TPSA) is 66.8 Å². The number of carbonyl (C=O) groups is 2. The van der Waals surface area contributed by atoms with Gasteiger partial charge in [0.2, 0.25) is 0 Å². The molecule has 0 saturated carbocycles. The van der Waals surface area contributed by atoms with Crippen LogP contribution in [0.15, 0.2) is 24.3 Å². The third-order valence-electron chi connectivity index (χ3n) is 3.56. The number of ether oxygens (including phenoxy) is 1. The molecule has 1 aliphatic rings. The maximum atomic E-state index is 13.3. The van der Waals surface area contributed by atoms with Crippen molar-refractivity contribution in [1.82, 2.24) is 4.90 Å². The molecule has 1 heterocycles. The summed E-state index contributed by atoms with van der Waals surface area (Å²) in [6.07, 6.45) is 0.684. The molecule has 1 fully saturated rings. The van der Waals surface area contributed by atoms with Gasteiger partial charge in [-0.1, -0.05) is 13.0 Å². The first-order chi connectivity index (χ1) is 10.0. The molecule has 6 heteroatoms. The van der Waals surface area contributed by atoms with E-state index in [0.717, 1.165) is 6.07 Å². The zero-order chi connectivity index (χ0) is 15.4. The summed E-state index contributed by atoms with van der Waals surface area (Å²) >= 11 is 0. The Balaban J connectivity index is 2.26. The van der Waals surface area contributed by atoms with Gasteiger partial charge in [0.05, 0.1) is 19.3 Å². The number of aliphatic carboxylic acids is 1. The second kappa shape index (κ2) is 6.67. The fourth-order valence-electron chi connectivity index (χ4n) is 2.53. The highest BCUT2D eigenvalue weighted by Crippen LogP contribution is 2.22. The fraction of sp³-hybridized carbons (Fsp3) is 0.467. The van der Waals surface area contributed by atoms with E-state index < -0.39 is 23.7 Å². The van der Waals surface area contributed by atoms with Crippen molar-refractivity contribution in [2.45, 2.75) is 19.4 Å². The Labute approximate surface area is 122 Å². The molecule has 2 atom stereocenters. The predicted molar refractivity (Wildman–Crippen MR) is 73.5 cm³/mol. The number of benzene rings is 1. The van der Waals surface area contributed by atoms with Crippen molar-refractivity contribution in [1.29, 1.82) is 0 Å². The van der Waals surface area contributed by atoms with Crippen LogP contribution in [0, 0.1) is 11.7 Å². The summed E-state index contributed by atoms with van der Waals surface area (Å²) in [6, 6.07) is 4.90. The SMILES string of the molecule is CCCN(C(=O)c1cccc(F)c1)C1COCC1C(=O)O. The summed E-state index contributed by atoms with van der Waals surface area (Å²) in [4.78, 5) is 25.3. The summed E-state index contributed by atoms with van der Waals surface area (Å²) in [5.41, 5.74) is 0.222. The molecule has 2 rings (SSSR count). The van der Waals surface area contributed by atoms with Crippen LogP contribution in [0.2, 0.25) is 0 Å². The van der Waals surface area contributed by atoms with E-state index in [1.807, 2.05) is 6.92 Å². The number of hydrogen-bond acceptors (Lipinski definition) is 3. The maximum absolute atomic E-state index is 13.3. The van der Waals surface area contributed by atoms with Gasteiger partial charge in [0, 0.05) is 12.1 Å². The molecule has 0 bridgehead atoms. The quantitative estimate of drug-likeness (QED) is 0.899. The molecule has 0 aromatic heterocycles. The first-order valence-electron chi connectivity index (χ1n) is 6.91. The monoisotopic (exact) mass is 295 g/mol. The van der Waals surface area contributed by atoms with Gasteiger partial charge >= 0.3 is 5.97 Å². The summed E-state index contributed by atoms with van der Waals surface area (Å²) in [7, 11) is 0. The van der Waals surface area contributed by atoms with Gasteiger partial charge < -0.3 is 14.7 Å². The molecule has 5 nitrogen and oxygen atoms in total. The maximum Gasteiger partial charge on any atom is 0.311 e. The van der Waals surface area contributed by atoms with Crippen molar-refractivity contribution in [3.05, 3.63) is 35.6 Å². The highest BCUT2D eigenvalue weighted by molar-refractivity contribution is 5.94. The smallest absolute Gasteiger partial charge is 0.311 e. The largest absolute Gasteiger partial charge is 0.481 e. The zero-order valence-corrected chi connectivity index (χ0v) is 11.8. The van der Waals surface area contributed by atoms with E-state index in [4.69, 9.17) is 4.74 Å². The Morgan fingerprint density at radius 1 is 1.43 bits per heavy atom. The minimum atomic E-state index is -0.981. The molecular formula is C15H18FNO4. The number of amides is 1. The number of halogens is 1. The molecule has 1 saturated heterocycles. The normalized spacial score (nSPS) is 21.2. The van der Waals surface area contributed by atoms with Gasteiger partial charge in [-0.25, -0.2) is 4.39 Å². The molecule has 1 aliphatic heterocycles. The number of nitrogens with zero attached hydrogens (tertiary/aromatic N) is 1. The van der Waals surface area contributed by atoms with E-state index in [1.54, 1.807) is 0 Å². The van der Waals surface area contributed by atoms with Gasteiger partial charge in [-0.05, 0) is 24.6 Å². The van der Waals surface area contributed by atoms with Crippen LogP contribution in [0.1, 0.15) is 23.7 Å². The summed E-state index contributed by atoms with van der Waals surface area (Å²) < 4.78 is 18.5. The summed E-state index contributed by atoms with van der Waals surface area (Å²) in [5.74, 6) is -2.58. The molecule has 1 amide bonds. The molecule has 1 N–H and O–H groups in total. The van der Waals surface area contributed by atoms with E-state index in [2.05, 4.69) is 0 Å². The predicted octanol–water partition coefficient (Wildman–Crippen LogP) is 1.78. The molecular weight excluding hydrogens is 277 g/mol. The van der Waals surface area contributed by atoms with Crippen molar-refractivity contribution >= 4 is 11.9 Å². The third-order valence-corrected chi connectivity index (χ3v) is 3.56. The van der Waals surface area contributed by atoms with E-state index in [-0.39, 0.29) is 24.7 Å². The van der Waals surface area contributed by atoms with E-state index in [9.17, 15) is 19.1 Å². The number of hydrogen-bond donors (Lipinski definition) is 1. The van der Waals surface area contributed by atoms with Crippen LogP contribution in [-0.2, 0) is 9.53 Å². The van der Waals surface area contributed by atoms with Crippen LogP contribution in [0.5, 0.6) is 0 Å². The van der Waals surface area contributed by atoms with Crippen molar-refractivity contribution in [2.75, 3.05) is 19.8 Å². The van der Waals surface area contributed by atoms with Gasteiger partial charge in [0.1, 0.15) is 11.7 Å². The van der Waals surface area contributed by atoms with E-state index >= 15 is 0 Å². The summed E-state index contributed by atoms with van der Waals surface area (Å²) in [6.45, 7) is 2.60. The molecule has 0 radical (unpaired) electrons. The third kappa shape index (κ3) is 3.39. The first kappa shape index (κ1) is 15.4. The van der Waals surface area contributed by atoms with Crippen LogP contribution < -0.4 is 0 Å². The van der Waals surface area contributed by atoms with Crippen LogP contribution >= 0.6 is 0 Å². The zero-order valence-electron chi connectivity index (χ0n) is 11.8. The van der Waals surface area contributed by atoms with Crippen molar-refractivity contribution in [2.24, 2.45) is 5.92 Å². The Bertz CT molecular complexity index is 534. The number of rotatable bonds is 5. The molecule has 21 heavy (non-hydrogen) atoms. The first-order valence-corrected chi connectivity index (χ1v) is 6.91. The van der Waals surface area contributed by atoms with Crippen molar-refractivity contribution in [3.63, 3.8) is 0 Å². The second-order valence-electron chi connectivity index (χ2n) is 5.06. The second-order valence-corrected chi connectivity index (χ2v) is 5.06. The number of carboxylic acid groups (broad SMARTS) is 1. The average molecular weight is 295 g/mol. The van der Waals surface area contributed by atoms with Gasteiger partial charge in [0.25, 0.3) is 5.91 Å². The Kier molecular flexibility index (Phi) is 4.90. The number of carboxylic acids is 1. The standard InChI is InChI=1S/C15H18FNO4/c1-2-6-17(13-9-21-8-12(13)15(19)20)14(18)10-4-3-5-11(16)7-10/h3-5,7,12-13H,2,6,8-9H2,1H3,(H,19,20). The lowest BCUT2D eigenvalue weighted by Crippen LogP contribution is -2.47. The highest BCUT2D eigenvalue weighted by Gasteiger charge is 2.39. The highest BCUT2D eigenvalue weighted by atomic mass is 19.1. The van der Waals surface area contributed by atoms with Crippen molar-refractivity contribution in [3.8, 4) is 0 Å². The molecule has 0 aliphatic carbocycles. The minimum absolute atomic E-state index is 0.0939. The molecule has 2 unspecified atom stereocenters. The van der Waals surface area contributed by atoms with E-state index in [0.29, 0.717) is 13.0 Å². The Hall–Kier alpha value is -1.95. The molecule has 1 aromatic rings. The van der Waals surface area contributed by atoms with E-state index in [1.165, 1.54) is 23.1 Å². The van der Waals surface area contributed by atoms with Gasteiger partial charge in [-0.3, -0.25) is 9.59 Å². The van der Waals surface area contributed by atoms with Crippen LogP contribution in [0.4, 0.5) is 4.39 Å². The number of carbonyl (C=O) groups excluding carboxylic acids is 1.